The minimum atomic E-state index is -0.503. The first-order valence-electron chi connectivity index (χ1n) is 6.25. The molecule has 1 aromatic rings. The maximum absolute atomic E-state index is 9.60. The summed E-state index contributed by atoms with van der Waals surface area (Å²) in [5.74, 6) is 0.822. The van der Waals surface area contributed by atoms with Crippen LogP contribution < -0.4 is 4.90 Å². The van der Waals surface area contributed by atoms with E-state index in [1.165, 1.54) is 0 Å². The summed E-state index contributed by atoms with van der Waals surface area (Å²) >= 11 is 0. The Balaban J connectivity index is 2.20. The molecule has 1 aliphatic rings. The van der Waals surface area contributed by atoms with Gasteiger partial charge in [0.25, 0.3) is 0 Å². The van der Waals surface area contributed by atoms with Crippen LogP contribution in [0, 0.1) is 0 Å². The number of nitrogens with zero attached hydrogens (tertiary/aromatic N) is 2. The van der Waals surface area contributed by atoms with Crippen molar-refractivity contribution in [2.24, 2.45) is 0 Å². The van der Waals surface area contributed by atoms with Crippen molar-refractivity contribution in [3.63, 3.8) is 0 Å². The lowest BCUT2D eigenvalue weighted by Crippen LogP contribution is -2.50. The van der Waals surface area contributed by atoms with E-state index in [0.29, 0.717) is 13.2 Å². The number of aliphatic hydroxyl groups excluding tert-OH is 2. The Morgan fingerprint density at radius 2 is 2.39 bits per heavy atom. The second kappa shape index (κ2) is 5.65. The molecule has 3 atom stereocenters. The first kappa shape index (κ1) is 13.3. The average Bonchev–Trinajstić information content (AvgIpc) is 2.39. The normalized spacial score (nSPS) is 26.1. The zero-order chi connectivity index (χ0) is 13.1. The lowest BCUT2D eigenvalue weighted by atomic mass is 10.1. The van der Waals surface area contributed by atoms with E-state index in [2.05, 4.69) is 16.8 Å². The fourth-order valence-corrected chi connectivity index (χ4v) is 2.10. The van der Waals surface area contributed by atoms with E-state index in [1.807, 2.05) is 12.1 Å². The number of aromatic nitrogens is 1. The number of anilines is 1. The minimum absolute atomic E-state index is 0.0132. The minimum Gasteiger partial charge on any atom is -0.394 e. The third kappa shape index (κ3) is 2.80. The predicted octanol–water partition coefficient (Wildman–Crippen LogP) is 0.721. The first-order valence-corrected chi connectivity index (χ1v) is 6.25. The van der Waals surface area contributed by atoms with Gasteiger partial charge in [-0.1, -0.05) is 0 Å². The Morgan fingerprint density at radius 1 is 1.61 bits per heavy atom. The van der Waals surface area contributed by atoms with Crippen LogP contribution in [0.3, 0.4) is 0 Å². The van der Waals surface area contributed by atoms with E-state index in [-0.39, 0.29) is 18.8 Å². The van der Waals surface area contributed by atoms with Crippen molar-refractivity contribution in [1.29, 1.82) is 0 Å². The zero-order valence-electron chi connectivity index (χ0n) is 10.8. The van der Waals surface area contributed by atoms with E-state index in [1.54, 1.807) is 13.1 Å². The van der Waals surface area contributed by atoms with Crippen LogP contribution in [0.2, 0.25) is 0 Å². The summed E-state index contributed by atoms with van der Waals surface area (Å²) in [4.78, 5) is 6.45. The topological polar surface area (TPSA) is 65.8 Å². The number of morpholine rings is 1. The number of hydrogen-bond donors (Lipinski definition) is 2. The zero-order valence-corrected chi connectivity index (χ0v) is 10.8. The molecule has 2 heterocycles. The van der Waals surface area contributed by atoms with E-state index in [9.17, 15) is 10.2 Å². The molecule has 1 saturated heterocycles. The van der Waals surface area contributed by atoms with Gasteiger partial charge in [0.2, 0.25) is 0 Å². The number of ether oxygens (including phenoxy) is 1. The molecule has 5 nitrogen and oxygen atoms in total. The molecule has 2 unspecified atom stereocenters. The lowest BCUT2D eigenvalue weighted by molar-refractivity contribution is -0.0105. The van der Waals surface area contributed by atoms with Gasteiger partial charge in [0.1, 0.15) is 5.82 Å². The number of hydrogen-bond acceptors (Lipinski definition) is 5. The monoisotopic (exact) mass is 252 g/mol. The van der Waals surface area contributed by atoms with Crippen LogP contribution in [0.15, 0.2) is 18.3 Å². The molecule has 2 rings (SSSR count). The quantitative estimate of drug-likeness (QED) is 0.830. The molecular weight excluding hydrogens is 232 g/mol. The molecule has 0 aliphatic carbocycles. The van der Waals surface area contributed by atoms with Gasteiger partial charge in [0.15, 0.2) is 0 Å². The van der Waals surface area contributed by atoms with Crippen LogP contribution in [-0.4, -0.2) is 47.1 Å². The first-order chi connectivity index (χ1) is 8.61. The Bertz CT molecular complexity index is 398. The van der Waals surface area contributed by atoms with E-state index < -0.39 is 6.10 Å². The molecule has 0 spiro atoms. The molecule has 18 heavy (non-hydrogen) atoms. The molecule has 5 heteroatoms. The highest BCUT2D eigenvalue weighted by Crippen LogP contribution is 2.22. The SMILES string of the molecule is CC1COC(CO)CN1c1cc([C@H](C)O)ccn1. The predicted molar refractivity (Wildman–Crippen MR) is 68.5 cm³/mol. The van der Waals surface area contributed by atoms with Gasteiger partial charge in [-0.25, -0.2) is 4.98 Å². The van der Waals surface area contributed by atoms with Crippen LogP contribution >= 0.6 is 0 Å². The maximum atomic E-state index is 9.60. The van der Waals surface area contributed by atoms with Crippen LogP contribution in [0.1, 0.15) is 25.5 Å². The second-order valence-corrected chi connectivity index (χ2v) is 4.76. The van der Waals surface area contributed by atoms with Crippen LogP contribution in [0.5, 0.6) is 0 Å². The molecule has 0 saturated carbocycles. The van der Waals surface area contributed by atoms with Gasteiger partial charge in [-0.3, -0.25) is 0 Å². The highest BCUT2D eigenvalue weighted by Gasteiger charge is 2.26. The van der Waals surface area contributed by atoms with Gasteiger partial charge in [0.05, 0.1) is 31.5 Å². The number of pyridine rings is 1. The van der Waals surface area contributed by atoms with E-state index >= 15 is 0 Å². The van der Waals surface area contributed by atoms with E-state index in [0.717, 1.165) is 11.4 Å². The van der Waals surface area contributed by atoms with Gasteiger partial charge in [-0.15, -0.1) is 0 Å². The molecule has 1 aliphatic heterocycles. The Labute approximate surface area is 107 Å². The highest BCUT2D eigenvalue weighted by molar-refractivity contribution is 5.43. The summed E-state index contributed by atoms with van der Waals surface area (Å²) in [7, 11) is 0. The summed E-state index contributed by atoms with van der Waals surface area (Å²) in [5, 5.41) is 18.8. The Kier molecular flexibility index (Phi) is 4.16. The summed E-state index contributed by atoms with van der Waals surface area (Å²) < 4.78 is 5.50. The van der Waals surface area contributed by atoms with E-state index in [4.69, 9.17) is 4.74 Å². The van der Waals surface area contributed by atoms with Crippen molar-refractivity contribution in [1.82, 2.24) is 4.98 Å². The second-order valence-electron chi connectivity index (χ2n) is 4.76. The van der Waals surface area contributed by atoms with Gasteiger partial charge in [-0.05, 0) is 31.5 Å². The Morgan fingerprint density at radius 3 is 3.06 bits per heavy atom. The number of aliphatic hydroxyl groups is 2. The largest absolute Gasteiger partial charge is 0.394 e. The summed E-state index contributed by atoms with van der Waals surface area (Å²) in [6, 6.07) is 3.91. The third-order valence-corrected chi connectivity index (χ3v) is 3.26. The molecule has 0 radical (unpaired) electrons. The van der Waals surface area contributed by atoms with Crippen LogP contribution in [0.4, 0.5) is 5.82 Å². The fourth-order valence-electron chi connectivity index (χ4n) is 2.10. The molecule has 1 aromatic heterocycles. The van der Waals surface area contributed by atoms with Crippen molar-refractivity contribution in [2.45, 2.75) is 32.1 Å². The van der Waals surface area contributed by atoms with Crippen molar-refractivity contribution >= 4 is 5.82 Å². The molecule has 0 aromatic carbocycles. The number of rotatable bonds is 3. The van der Waals surface area contributed by atoms with Gasteiger partial charge >= 0.3 is 0 Å². The molecule has 2 N–H and O–H groups in total. The van der Waals surface area contributed by atoms with Crippen LogP contribution in [-0.2, 0) is 4.74 Å². The fraction of sp³-hybridized carbons (Fsp3) is 0.615. The third-order valence-electron chi connectivity index (χ3n) is 3.26. The van der Waals surface area contributed by atoms with Crippen molar-refractivity contribution in [3.8, 4) is 0 Å². The lowest BCUT2D eigenvalue weighted by Gasteiger charge is -2.38. The summed E-state index contributed by atoms with van der Waals surface area (Å²) in [5.41, 5.74) is 0.847. The molecular formula is C13H20N2O3. The summed E-state index contributed by atoms with van der Waals surface area (Å²) in [6.45, 7) is 5.00. The Hall–Kier alpha value is -1.17. The van der Waals surface area contributed by atoms with Gasteiger partial charge in [0, 0.05) is 12.7 Å². The molecule has 100 valence electrons. The maximum Gasteiger partial charge on any atom is 0.129 e. The van der Waals surface area contributed by atoms with Crippen molar-refractivity contribution in [3.05, 3.63) is 23.9 Å². The smallest absolute Gasteiger partial charge is 0.129 e. The van der Waals surface area contributed by atoms with Crippen LogP contribution in [0.25, 0.3) is 0 Å². The molecule has 1 fully saturated rings. The van der Waals surface area contributed by atoms with Crippen molar-refractivity contribution in [2.75, 3.05) is 24.7 Å². The average molecular weight is 252 g/mol. The summed E-state index contributed by atoms with van der Waals surface area (Å²) in [6.07, 6.45) is 1.03. The highest BCUT2D eigenvalue weighted by atomic mass is 16.5. The van der Waals surface area contributed by atoms with Gasteiger partial charge < -0.3 is 19.8 Å². The molecule has 0 amide bonds. The molecule has 0 bridgehead atoms. The van der Waals surface area contributed by atoms with Crippen molar-refractivity contribution < 1.29 is 14.9 Å². The van der Waals surface area contributed by atoms with Gasteiger partial charge in [-0.2, -0.15) is 0 Å². The standard InChI is InChI=1S/C13H20N2O3/c1-9-8-18-12(7-16)6-15(9)13-5-11(10(2)17)3-4-14-13/h3-5,9-10,12,16-17H,6-8H2,1-2H3/t9?,10-,12?/m0/s1.